The van der Waals surface area contributed by atoms with E-state index in [1.807, 2.05) is 0 Å². The Morgan fingerprint density at radius 2 is 1.97 bits per heavy atom. The van der Waals surface area contributed by atoms with E-state index in [4.69, 9.17) is 0 Å². The first-order valence-electron chi connectivity index (χ1n) is 9.37. The zero-order valence-corrected chi connectivity index (χ0v) is 17.3. The summed E-state index contributed by atoms with van der Waals surface area (Å²) in [6.07, 6.45) is 5.64. The van der Waals surface area contributed by atoms with Crippen molar-refractivity contribution in [2.45, 2.75) is 38.3 Å². The molecule has 3 rings (SSSR count). The molecule has 0 unspecified atom stereocenters. The van der Waals surface area contributed by atoms with Crippen LogP contribution in [0.25, 0.3) is 0 Å². The number of halogens is 2. The number of nitrogens with zero attached hydrogens (tertiary/aromatic N) is 2. The van der Waals surface area contributed by atoms with Crippen LogP contribution >= 0.6 is 0 Å². The predicted molar refractivity (Wildman–Crippen MR) is 109 cm³/mol. The molecular weight excluding hydrogens is 414 g/mol. The number of carbonyl (C=O) groups excluding carboxylic acids is 1. The third kappa shape index (κ3) is 5.82. The summed E-state index contributed by atoms with van der Waals surface area (Å²) >= 11 is 0. The van der Waals surface area contributed by atoms with Crippen molar-refractivity contribution in [2.24, 2.45) is 0 Å². The van der Waals surface area contributed by atoms with Crippen LogP contribution in [0.1, 0.15) is 47.4 Å². The highest BCUT2D eigenvalue weighted by Crippen LogP contribution is 2.38. The summed E-state index contributed by atoms with van der Waals surface area (Å²) in [6.45, 7) is 1.41. The summed E-state index contributed by atoms with van der Waals surface area (Å²) in [7, 11) is -3.32. The fourth-order valence-electron chi connectivity index (χ4n) is 2.70. The van der Waals surface area contributed by atoms with Crippen LogP contribution in [0.4, 0.5) is 14.6 Å². The van der Waals surface area contributed by atoms with Crippen molar-refractivity contribution >= 4 is 21.6 Å². The van der Waals surface area contributed by atoms with Gasteiger partial charge in [-0.05, 0) is 31.9 Å². The van der Waals surface area contributed by atoms with Crippen molar-refractivity contribution in [2.75, 3.05) is 11.6 Å². The highest BCUT2D eigenvalue weighted by atomic mass is 32.2. The van der Waals surface area contributed by atoms with Crippen molar-refractivity contribution in [3.05, 3.63) is 64.5 Å². The van der Waals surface area contributed by atoms with Gasteiger partial charge in [-0.2, -0.15) is 0 Å². The molecule has 1 aromatic carbocycles. The molecule has 1 saturated carbocycles. The van der Waals surface area contributed by atoms with Crippen molar-refractivity contribution in [3.8, 4) is 0 Å². The van der Waals surface area contributed by atoms with Crippen LogP contribution in [-0.2, 0) is 16.4 Å². The van der Waals surface area contributed by atoms with E-state index >= 15 is 0 Å². The molecule has 1 aliphatic rings. The molecule has 2 N–H and O–H groups in total. The molecule has 1 atom stereocenters. The Morgan fingerprint density at radius 1 is 1.30 bits per heavy atom. The van der Waals surface area contributed by atoms with Gasteiger partial charge < -0.3 is 10.6 Å². The van der Waals surface area contributed by atoms with Gasteiger partial charge in [0.15, 0.2) is 9.84 Å². The highest BCUT2D eigenvalue weighted by Gasteiger charge is 2.28. The number of nitrogens with one attached hydrogen (secondary N) is 2. The van der Waals surface area contributed by atoms with Gasteiger partial charge in [0, 0.05) is 41.9 Å². The number of aromatic nitrogens is 2. The van der Waals surface area contributed by atoms with E-state index in [1.54, 1.807) is 6.92 Å². The second kappa shape index (κ2) is 8.86. The second-order valence-electron chi connectivity index (χ2n) is 7.24. The smallest absolute Gasteiger partial charge is 0.257 e. The summed E-state index contributed by atoms with van der Waals surface area (Å²) in [5.74, 6) is -1.02. The quantitative estimate of drug-likeness (QED) is 0.660. The van der Waals surface area contributed by atoms with E-state index in [9.17, 15) is 22.0 Å². The first kappa shape index (κ1) is 21.8. The predicted octanol–water partition coefficient (Wildman–Crippen LogP) is 2.92. The Bertz CT molecular complexity index is 1070. The number of hydrogen-bond donors (Lipinski definition) is 2. The lowest BCUT2D eigenvalue weighted by molar-refractivity contribution is 0.0947. The Labute approximate surface area is 173 Å². The Kier molecular flexibility index (Phi) is 6.45. The third-order valence-corrected chi connectivity index (χ3v) is 5.11. The van der Waals surface area contributed by atoms with Gasteiger partial charge in [0.2, 0.25) is 0 Å². The molecule has 1 amide bonds. The molecule has 0 aliphatic heterocycles. The summed E-state index contributed by atoms with van der Waals surface area (Å²) in [5.41, 5.74) is -0.0735. The Hall–Kier alpha value is -2.88. The minimum absolute atomic E-state index is 0.0933. The maximum atomic E-state index is 13.9. The highest BCUT2D eigenvalue weighted by molar-refractivity contribution is 7.93. The molecule has 10 heteroatoms. The Morgan fingerprint density at radius 3 is 2.57 bits per heavy atom. The first-order chi connectivity index (χ1) is 14.1. The van der Waals surface area contributed by atoms with Crippen LogP contribution in [-0.4, -0.2) is 36.6 Å². The molecule has 1 aliphatic carbocycles. The van der Waals surface area contributed by atoms with E-state index in [1.165, 1.54) is 18.3 Å². The molecule has 0 saturated heterocycles. The topological polar surface area (TPSA) is 101 Å². The maximum absolute atomic E-state index is 13.9. The molecule has 160 valence electrons. The second-order valence-corrected chi connectivity index (χ2v) is 9.17. The minimum atomic E-state index is -3.32. The minimum Gasteiger partial charge on any atom is -0.365 e. The van der Waals surface area contributed by atoms with Gasteiger partial charge in [-0.15, -0.1) is 0 Å². The number of anilines is 1. The molecule has 1 fully saturated rings. The number of sulfone groups is 1. The standard InChI is InChI=1S/C20H22F2N4O3S/c1-12(8-9-30(2,28)29)25-20(27)15-11-23-18(13-6-7-13)26-19(15)24-10-14-16(21)4-3-5-17(14)22/h3-5,8-9,11-13H,6-7,10H2,1-2H3,(H,25,27)(H,23,24,26)/b9-8+/t12-/m0/s1. The SMILES string of the molecule is C[C@@H](/C=C/S(C)(=O)=O)NC(=O)c1cnc(C2CC2)nc1NCc1c(F)cccc1F. The molecule has 1 heterocycles. The van der Waals surface area contributed by atoms with Crippen LogP contribution in [0.3, 0.4) is 0 Å². The van der Waals surface area contributed by atoms with Gasteiger partial charge in [-0.1, -0.05) is 12.1 Å². The van der Waals surface area contributed by atoms with Crippen molar-refractivity contribution in [1.82, 2.24) is 15.3 Å². The fraction of sp³-hybridized carbons (Fsp3) is 0.350. The van der Waals surface area contributed by atoms with Gasteiger partial charge in [0.25, 0.3) is 5.91 Å². The zero-order chi connectivity index (χ0) is 21.9. The largest absolute Gasteiger partial charge is 0.365 e. The zero-order valence-electron chi connectivity index (χ0n) is 16.5. The summed E-state index contributed by atoms with van der Waals surface area (Å²) in [5, 5.41) is 6.48. The van der Waals surface area contributed by atoms with Crippen LogP contribution in [0.15, 0.2) is 35.9 Å². The molecule has 30 heavy (non-hydrogen) atoms. The van der Waals surface area contributed by atoms with Crippen LogP contribution < -0.4 is 10.6 Å². The number of rotatable bonds is 8. The number of carbonyl (C=O) groups is 1. The summed E-state index contributed by atoms with van der Waals surface area (Å²) in [6, 6.07) is 3.00. The van der Waals surface area contributed by atoms with Gasteiger partial charge in [0.1, 0.15) is 28.8 Å². The average molecular weight is 436 g/mol. The lowest BCUT2D eigenvalue weighted by Gasteiger charge is -2.15. The van der Waals surface area contributed by atoms with Crippen LogP contribution in [0, 0.1) is 11.6 Å². The van der Waals surface area contributed by atoms with Gasteiger partial charge >= 0.3 is 0 Å². The maximum Gasteiger partial charge on any atom is 0.257 e. The van der Waals surface area contributed by atoms with E-state index in [0.717, 1.165) is 36.6 Å². The lowest BCUT2D eigenvalue weighted by atomic mass is 10.2. The molecule has 0 spiro atoms. The van der Waals surface area contributed by atoms with Crippen molar-refractivity contribution < 1.29 is 22.0 Å². The molecular formula is C20H22F2N4O3S. The monoisotopic (exact) mass is 436 g/mol. The van der Waals surface area contributed by atoms with E-state index in [-0.39, 0.29) is 29.4 Å². The first-order valence-corrected chi connectivity index (χ1v) is 11.3. The van der Waals surface area contributed by atoms with Gasteiger partial charge in [-0.3, -0.25) is 4.79 Å². The molecule has 0 bridgehead atoms. The summed E-state index contributed by atoms with van der Waals surface area (Å²) < 4.78 is 50.3. The number of benzene rings is 1. The Balaban J connectivity index is 1.81. The number of hydrogen-bond acceptors (Lipinski definition) is 6. The lowest BCUT2D eigenvalue weighted by Crippen LogP contribution is -2.32. The van der Waals surface area contributed by atoms with Crippen LogP contribution in [0.5, 0.6) is 0 Å². The van der Waals surface area contributed by atoms with Gasteiger partial charge in [-0.25, -0.2) is 27.2 Å². The molecule has 7 nitrogen and oxygen atoms in total. The molecule has 1 aromatic heterocycles. The molecule has 2 aromatic rings. The normalized spacial score (nSPS) is 15.2. The van der Waals surface area contributed by atoms with Gasteiger partial charge in [0.05, 0.1) is 0 Å². The van der Waals surface area contributed by atoms with Crippen molar-refractivity contribution in [1.29, 1.82) is 0 Å². The van der Waals surface area contributed by atoms with E-state index in [0.29, 0.717) is 5.82 Å². The number of amides is 1. The van der Waals surface area contributed by atoms with Crippen LogP contribution in [0.2, 0.25) is 0 Å². The van der Waals surface area contributed by atoms with Crippen molar-refractivity contribution in [3.63, 3.8) is 0 Å². The third-order valence-electron chi connectivity index (χ3n) is 4.46. The average Bonchev–Trinajstić information content (AvgIpc) is 3.50. The van der Waals surface area contributed by atoms with E-state index in [2.05, 4.69) is 20.6 Å². The molecule has 0 radical (unpaired) electrons. The summed E-state index contributed by atoms with van der Waals surface area (Å²) in [4.78, 5) is 21.3. The fourth-order valence-corrected chi connectivity index (χ4v) is 3.22. The van der Waals surface area contributed by atoms with E-state index < -0.39 is 33.4 Å².